The van der Waals surface area contributed by atoms with E-state index in [1.165, 1.54) is 109 Å². The first-order valence-corrected chi connectivity index (χ1v) is 21.7. The van der Waals surface area contributed by atoms with Gasteiger partial charge in [0.25, 0.3) is 0 Å². The number of hydrogen-bond acceptors (Lipinski definition) is 6. The Balaban J connectivity index is 1.15. The SMILES string of the molecule is C1CCC2C3=C(SC2C1)B1C2=C(C4CCCCC4S2)N2C4CCCCC4SC4CC5SC6CCCCC6N3C5C1C42. The van der Waals surface area contributed by atoms with Crippen molar-refractivity contribution >= 4 is 53.8 Å². The molecule has 0 spiro atoms. The molecule has 7 fully saturated rings. The van der Waals surface area contributed by atoms with Gasteiger partial charge in [-0.2, -0.15) is 23.5 Å². The van der Waals surface area contributed by atoms with Crippen LogP contribution in [0.5, 0.6) is 0 Å². The first kappa shape index (κ1) is 25.7. The van der Waals surface area contributed by atoms with Gasteiger partial charge in [-0.15, -0.1) is 23.5 Å². The molecule has 0 aromatic carbocycles. The number of hydrogen-bond donors (Lipinski definition) is 0. The molecule has 6 heterocycles. The molecule has 2 saturated heterocycles. The Bertz CT molecular complexity index is 1120. The first-order valence-electron chi connectivity index (χ1n) is 18.0. The summed E-state index contributed by atoms with van der Waals surface area (Å²) in [6.45, 7) is 0.778. The van der Waals surface area contributed by atoms with Gasteiger partial charge in [0.15, 0.2) is 0 Å². The third-order valence-corrected chi connectivity index (χ3v) is 20.7. The Hall–Kier alpha value is 0.545. The highest BCUT2D eigenvalue weighted by Gasteiger charge is 2.69. The van der Waals surface area contributed by atoms with Crippen molar-refractivity contribution in [2.75, 3.05) is 0 Å². The average Bonchev–Trinajstić information content (AvgIpc) is 3.59. The van der Waals surface area contributed by atoms with Gasteiger partial charge in [0.1, 0.15) is 0 Å². The van der Waals surface area contributed by atoms with Gasteiger partial charge in [0, 0.05) is 78.9 Å². The highest BCUT2D eigenvalue weighted by Crippen LogP contribution is 2.70. The Morgan fingerprint density at radius 3 is 1.44 bits per heavy atom. The molecule has 11 aliphatic rings. The molecule has 220 valence electrons. The molecule has 0 radical (unpaired) electrons. The van der Waals surface area contributed by atoms with Crippen molar-refractivity contribution in [1.82, 2.24) is 9.80 Å². The van der Waals surface area contributed by atoms with Crippen molar-refractivity contribution in [1.29, 1.82) is 0 Å². The van der Waals surface area contributed by atoms with E-state index >= 15 is 0 Å². The standard InChI is InChI=1S/C34H47BN2S4/c1-5-13-22-18(9-1)29-33(40-22)35-28-31-26(38-24-15-7-3-11-20(24)36(29)31)17-27-32(28)37(21-12-4-8-16-25(21)39-27)30-19-10-2-6-14-23(19)41-34(30)35/h18-28,31-32H,1-17H2. The minimum absolute atomic E-state index is 0.778. The zero-order chi connectivity index (χ0) is 26.4. The summed E-state index contributed by atoms with van der Waals surface area (Å²) in [5, 5.41) is 5.39. The van der Waals surface area contributed by atoms with E-state index in [4.69, 9.17) is 0 Å². The van der Waals surface area contributed by atoms with E-state index in [9.17, 15) is 0 Å². The molecule has 5 aliphatic carbocycles. The van der Waals surface area contributed by atoms with E-state index in [2.05, 4.69) is 56.8 Å². The summed E-state index contributed by atoms with van der Waals surface area (Å²) in [6, 6.07) is 3.34. The number of allylic oxidation sites excluding steroid dienone is 2. The van der Waals surface area contributed by atoms with Crippen LogP contribution in [0.4, 0.5) is 0 Å². The van der Waals surface area contributed by atoms with Crippen molar-refractivity contribution in [2.24, 2.45) is 11.8 Å². The average molecular weight is 623 g/mol. The molecule has 0 amide bonds. The van der Waals surface area contributed by atoms with E-state index in [0.29, 0.717) is 0 Å². The van der Waals surface area contributed by atoms with Gasteiger partial charge in [-0.25, -0.2) is 0 Å². The predicted octanol–water partition coefficient (Wildman–Crippen LogP) is 8.59. The molecule has 0 aromatic heterocycles. The van der Waals surface area contributed by atoms with Gasteiger partial charge < -0.3 is 9.80 Å². The smallest absolute Gasteiger partial charge is 0.237 e. The van der Waals surface area contributed by atoms with Crippen molar-refractivity contribution in [3.63, 3.8) is 0 Å². The molecule has 11 rings (SSSR count). The van der Waals surface area contributed by atoms with Crippen molar-refractivity contribution < 1.29 is 0 Å². The second-order valence-electron chi connectivity index (χ2n) is 15.8. The molecular weight excluding hydrogens is 575 g/mol. The summed E-state index contributed by atoms with van der Waals surface area (Å²) in [5.74, 6) is 2.63. The highest BCUT2D eigenvalue weighted by atomic mass is 32.2. The molecule has 6 aliphatic heterocycles. The van der Waals surface area contributed by atoms with Crippen LogP contribution in [0.15, 0.2) is 21.0 Å². The zero-order valence-electron chi connectivity index (χ0n) is 24.6. The fraction of sp³-hybridized carbons (Fsp3) is 0.882. The molecule has 12 unspecified atom stereocenters. The van der Waals surface area contributed by atoms with Gasteiger partial charge in [0.2, 0.25) is 6.71 Å². The van der Waals surface area contributed by atoms with Crippen LogP contribution < -0.4 is 0 Å². The number of nitrogens with zero attached hydrogens (tertiary/aromatic N) is 2. The molecule has 7 heteroatoms. The third-order valence-electron chi connectivity index (χ3n) is 14.1. The Morgan fingerprint density at radius 1 is 0.488 bits per heavy atom. The van der Waals surface area contributed by atoms with Crippen LogP contribution in [0, 0.1) is 11.8 Å². The molecule has 0 aromatic rings. The van der Waals surface area contributed by atoms with Crippen molar-refractivity contribution in [3.05, 3.63) is 21.0 Å². The monoisotopic (exact) mass is 622 g/mol. The quantitative estimate of drug-likeness (QED) is 0.248. The fourth-order valence-corrected chi connectivity index (χ4v) is 20.6. The van der Waals surface area contributed by atoms with Crippen molar-refractivity contribution in [2.45, 2.75) is 171 Å². The lowest BCUT2D eigenvalue weighted by Crippen LogP contribution is -2.74. The fourth-order valence-electron chi connectivity index (χ4n) is 12.8. The second kappa shape index (κ2) is 9.54. The lowest BCUT2D eigenvalue weighted by atomic mass is 9.32. The summed E-state index contributed by atoms with van der Waals surface area (Å²) in [6.07, 6.45) is 25.4. The second-order valence-corrected chi connectivity index (χ2v) is 21.3. The van der Waals surface area contributed by atoms with Crippen LogP contribution in [0.2, 0.25) is 5.82 Å². The van der Waals surface area contributed by atoms with E-state index in [-0.39, 0.29) is 0 Å². The van der Waals surface area contributed by atoms with Crippen LogP contribution in [-0.2, 0) is 0 Å². The molecule has 12 atom stereocenters. The number of rotatable bonds is 0. The van der Waals surface area contributed by atoms with Crippen molar-refractivity contribution in [3.8, 4) is 0 Å². The maximum absolute atomic E-state index is 3.33. The van der Waals surface area contributed by atoms with Crippen LogP contribution in [0.1, 0.15) is 109 Å². The summed E-state index contributed by atoms with van der Waals surface area (Å²) < 4.78 is 0. The largest absolute Gasteiger partial charge is 0.367 e. The lowest BCUT2D eigenvalue weighted by molar-refractivity contribution is 0.0340. The van der Waals surface area contributed by atoms with Gasteiger partial charge in [-0.1, -0.05) is 51.4 Å². The Morgan fingerprint density at radius 2 is 0.927 bits per heavy atom. The van der Waals surface area contributed by atoms with Gasteiger partial charge >= 0.3 is 0 Å². The van der Waals surface area contributed by atoms with Gasteiger partial charge in [-0.3, -0.25) is 0 Å². The molecule has 0 bridgehead atoms. The molecule has 2 nitrogen and oxygen atoms in total. The minimum atomic E-state index is 0.778. The van der Waals surface area contributed by atoms with Gasteiger partial charge in [-0.05, 0) is 73.2 Å². The Kier molecular flexibility index (Phi) is 5.98. The van der Waals surface area contributed by atoms with Crippen LogP contribution in [0.3, 0.4) is 0 Å². The summed E-state index contributed by atoms with van der Waals surface area (Å²) in [4.78, 5) is 10.6. The summed E-state index contributed by atoms with van der Waals surface area (Å²) >= 11 is 10.1. The third kappa shape index (κ3) is 3.43. The Labute approximate surface area is 265 Å². The predicted molar refractivity (Wildman–Crippen MR) is 181 cm³/mol. The molecular formula is C34H47BN2S4. The molecule has 0 N–H and O–H groups in total. The summed E-state index contributed by atoms with van der Waals surface area (Å²) in [5.41, 5.74) is 3.97. The maximum atomic E-state index is 3.33. The van der Waals surface area contributed by atoms with E-state index in [1.807, 2.05) is 21.0 Å². The topological polar surface area (TPSA) is 6.48 Å². The minimum Gasteiger partial charge on any atom is -0.367 e. The zero-order valence-corrected chi connectivity index (χ0v) is 27.9. The number of fused-ring (bicyclic) bond motifs is 12. The normalized spacial score (nSPS) is 52.7. The lowest BCUT2D eigenvalue weighted by Gasteiger charge is -2.69. The highest BCUT2D eigenvalue weighted by molar-refractivity contribution is 8.09. The van der Waals surface area contributed by atoms with Crippen LogP contribution in [-0.4, -0.2) is 72.2 Å². The van der Waals surface area contributed by atoms with E-state index in [1.54, 1.807) is 0 Å². The first-order chi connectivity index (χ1) is 20.3. The van der Waals surface area contributed by atoms with Crippen LogP contribution in [0.25, 0.3) is 0 Å². The van der Waals surface area contributed by atoms with E-state index in [0.717, 1.165) is 80.0 Å². The maximum Gasteiger partial charge on any atom is 0.237 e. The van der Waals surface area contributed by atoms with E-state index < -0.39 is 0 Å². The molecule has 41 heavy (non-hydrogen) atoms. The van der Waals surface area contributed by atoms with Crippen LogP contribution >= 0.6 is 47.0 Å². The molecule has 5 saturated carbocycles. The summed E-state index contributed by atoms with van der Waals surface area (Å²) in [7, 11) is 0. The van der Waals surface area contributed by atoms with Gasteiger partial charge in [0.05, 0.1) is 0 Å². The number of thioether (sulfide) groups is 4.